The fraction of sp³-hybridized carbons (Fsp3) is 0.476. The van der Waals surface area contributed by atoms with Gasteiger partial charge in [0.1, 0.15) is 0 Å². The number of rotatable bonds is 5. The molecule has 1 fully saturated rings. The number of hydrogen-bond acceptors (Lipinski definition) is 5. The van der Waals surface area contributed by atoms with Crippen LogP contribution in [-0.4, -0.2) is 47.8 Å². The van der Waals surface area contributed by atoms with Gasteiger partial charge in [-0.1, -0.05) is 0 Å². The van der Waals surface area contributed by atoms with Gasteiger partial charge >= 0.3 is 0 Å². The topological polar surface area (TPSA) is 91.2 Å². The lowest BCUT2D eigenvalue weighted by Crippen LogP contribution is -2.42. The zero-order chi connectivity index (χ0) is 19.5. The minimum atomic E-state index is 0.0278. The molecule has 1 aliphatic heterocycles. The summed E-state index contributed by atoms with van der Waals surface area (Å²) in [7, 11) is 1.56. The van der Waals surface area contributed by atoms with E-state index in [0.717, 1.165) is 49.9 Å². The van der Waals surface area contributed by atoms with Crippen molar-refractivity contribution >= 4 is 5.91 Å². The molecular weight excluding hydrogens is 356 g/mol. The predicted octanol–water partition coefficient (Wildman–Crippen LogP) is 2.71. The zero-order valence-corrected chi connectivity index (χ0v) is 16.0. The van der Waals surface area contributed by atoms with Crippen LogP contribution in [-0.2, 0) is 12.8 Å². The van der Waals surface area contributed by atoms with Gasteiger partial charge in [0, 0.05) is 36.3 Å². The van der Waals surface area contributed by atoms with Gasteiger partial charge in [0.15, 0.2) is 17.2 Å². The van der Waals surface area contributed by atoms with Crippen molar-refractivity contribution in [2.75, 3.05) is 26.8 Å². The van der Waals surface area contributed by atoms with E-state index in [2.05, 4.69) is 16.3 Å². The highest BCUT2D eigenvalue weighted by Gasteiger charge is 2.30. The van der Waals surface area contributed by atoms with Crippen molar-refractivity contribution in [3.8, 4) is 17.6 Å². The van der Waals surface area contributed by atoms with Gasteiger partial charge in [-0.2, -0.15) is 10.4 Å². The first kappa shape index (κ1) is 18.4. The number of fused-ring (bicyclic) bond motifs is 1. The van der Waals surface area contributed by atoms with E-state index < -0.39 is 0 Å². The van der Waals surface area contributed by atoms with Gasteiger partial charge in [0.25, 0.3) is 5.91 Å². The summed E-state index contributed by atoms with van der Waals surface area (Å²) in [6.07, 6.45) is 4.98. The summed E-state index contributed by atoms with van der Waals surface area (Å²) in [6.45, 7) is 1.93. The lowest BCUT2D eigenvalue weighted by Gasteiger charge is -2.32. The maximum atomic E-state index is 13.0. The van der Waals surface area contributed by atoms with Gasteiger partial charge < -0.3 is 14.4 Å². The van der Waals surface area contributed by atoms with Gasteiger partial charge in [-0.05, 0) is 44.2 Å². The normalized spacial score (nSPS) is 18.4. The summed E-state index contributed by atoms with van der Waals surface area (Å²) in [6, 6.07) is 7.24. The number of H-pyrrole nitrogens is 1. The lowest BCUT2D eigenvalue weighted by molar-refractivity contribution is 0.0625. The number of piperidine rings is 1. The first-order chi connectivity index (χ1) is 13.7. The van der Waals surface area contributed by atoms with E-state index in [1.807, 2.05) is 4.90 Å². The van der Waals surface area contributed by atoms with Crippen LogP contribution in [0.25, 0.3) is 0 Å². The maximum absolute atomic E-state index is 13.0. The average Bonchev–Trinajstić information content (AvgIpc) is 3.35. The number of nitrogens with zero attached hydrogens (tertiary/aromatic N) is 3. The molecule has 146 valence electrons. The number of ether oxygens (including phenoxy) is 2. The van der Waals surface area contributed by atoms with Crippen molar-refractivity contribution in [3.63, 3.8) is 0 Å². The monoisotopic (exact) mass is 380 g/mol. The Morgan fingerprint density at radius 1 is 1.36 bits per heavy atom. The number of carbonyl (C=O) groups is 1. The second-order valence-electron chi connectivity index (χ2n) is 7.43. The first-order valence-corrected chi connectivity index (χ1v) is 9.76. The molecule has 1 atom stereocenters. The number of aryl methyl sites for hydroxylation is 1. The number of hydrogen-bond donors (Lipinski definition) is 1. The maximum Gasteiger partial charge on any atom is 0.274 e. The second-order valence-corrected chi connectivity index (χ2v) is 7.43. The Bertz CT molecular complexity index is 915. The molecule has 28 heavy (non-hydrogen) atoms. The molecule has 1 saturated heterocycles. The summed E-state index contributed by atoms with van der Waals surface area (Å²) in [5, 5.41) is 16.3. The summed E-state index contributed by atoms with van der Waals surface area (Å²) in [5.74, 6) is 1.45. The summed E-state index contributed by atoms with van der Waals surface area (Å²) >= 11 is 0. The fourth-order valence-corrected chi connectivity index (χ4v) is 4.10. The highest BCUT2D eigenvalue weighted by molar-refractivity contribution is 5.94. The standard InChI is InChI=1S/C21H24N4O3/c1-27-19-10-14(11-22)7-8-18(19)28-13-15-4-3-9-25(12-15)21(26)20-16-5-2-6-17(16)23-24-20/h7-8,10,15H,2-6,9,12-13H2,1H3,(H,23,24). The van der Waals surface area contributed by atoms with Gasteiger partial charge in [-0.15, -0.1) is 0 Å². The Morgan fingerprint density at radius 3 is 3.07 bits per heavy atom. The van der Waals surface area contributed by atoms with Gasteiger partial charge in [-0.3, -0.25) is 9.89 Å². The summed E-state index contributed by atoms with van der Waals surface area (Å²) < 4.78 is 11.3. The minimum Gasteiger partial charge on any atom is -0.493 e. The number of carbonyl (C=O) groups excluding carboxylic acids is 1. The van der Waals surface area contributed by atoms with E-state index in [1.165, 1.54) is 0 Å². The lowest BCUT2D eigenvalue weighted by atomic mass is 9.98. The third-order valence-corrected chi connectivity index (χ3v) is 5.58. The number of aromatic nitrogens is 2. The number of benzene rings is 1. The number of likely N-dealkylation sites (tertiary alicyclic amines) is 1. The van der Waals surface area contributed by atoms with E-state index in [9.17, 15) is 4.79 Å². The molecule has 0 bridgehead atoms. The molecule has 0 spiro atoms. The fourth-order valence-electron chi connectivity index (χ4n) is 4.10. The average molecular weight is 380 g/mol. The molecule has 1 aromatic carbocycles. The van der Waals surface area contributed by atoms with E-state index >= 15 is 0 Å². The van der Waals surface area contributed by atoms with Crippen molar-refractivity contribution in [2.24, 2.45) is 5.92 Å². The molecule has 1 aromatic heterocycles. The van der Waals surface area contributed by atoms with Gasteiger partial charge in [0.05, 0.1) is 25.3 Å². The van der Waals surface area contributed by atoms with Crippen LogP contribution in [0.4, 0.5) is 0 Å². The predicted molar refractivity (Wildman–Crippen MR) is 102 cm³/mol. The van der Waals surface area contributed by atoms with Crippen LogP contribution >= 0.6 is 0 Å². The number of nitrogens with one attached hydrogen (secondary N) is 1. The largest absolute Gasteiger partial charge is 0.493 e. The van der Waals surface area contributed by atoms with Crippen molar-refractivity contribution in [2.45, 2.75) is 32.1 Å². The van der Waals surface area contributed by atoms with Crippen LogP contribution in [0.15, 0.2) is 18.2 Å². The molecule has 4 rings (SSSR count). The van der Waals surface area contributed by atoms with E-state index in [-0.39, 0.29) is 11.8 Å². The number of methoxy groups -OCH3 is 1. The third-order valence-electron chi connectivity index (χ3n) is 5.58. The van der Waals surface area contributed by atoms with Crippen LogP contribution in [0.1, 0.15) is 46.6 Å². The Hall–Kier alpha value is -3.01. The SMILES string of the molecule is COc1cc(C#N)ccc1OCC1CCCN(C(=O)c2n[nH]c3c2CCC3)C1. The molecule has 7 heteroatoms. The molecule has 1 amide bonds. The summed E-state index contributed by atoms with van der Waals surface area (Å²) in [4.78, 5) is 14.9. The van der Waals surface area contributed by atoms with Gasteiger partial charge in [0.2, 0.25) is 0 Å². The molecule has 1 N–H and O–H groups in total. The van der Waals surface area contributed by atoms with E-state index in [0.29, 0.717) is 35.9 Å². The molecule has 7 nitrogen and oxygen atoms in total. The van der Waals surface area contributed by atoms with Crippen molar-refractivity contribution in [3.05, 3.63) is 40.7 Å². The van der Waals surface area contributed by atoms with Gasteiger partial charge in [-0.25, -0.2) is 0 Å². The highest BCUT2D eigenvalue weighted by atomic mass is 16.5. The number of nitriles is 1. The Balaban J connectivity index is 1.39. The Labute approximate surface area is 164 Å². The van der Waals surface area contributed by atoms with Crippen LogP contribution < -0.4 is 9.47 Å². The number of aromatic amines is 1. The molecule has 2 aliphatic rings. The smallest absolute Gasteiger partial charge is 0.274 e. The Kier molecular flexibility index (Phi) is 5.20. The highest BCUT2D eigenvalue weighted by Crippen LogP contribution is 2.30. The molecule has 1 aliphatic carbocycles. The molecule has 0 radical (unpaired) electrons. The minimum absolute atomic E-state index is 0.0278. The molecule has 2 heterocycles. The zero-order valence-electron chi connectivity index (χ0n) is 16.0. The van der Waals surface area contributed by atoms with E-state index in [1.54, 1.807) is 25.3 Å². The number of amides is 1. The third kappa shape index (κ3) is 3.55. The van der Waals surface area contributed by atoms with Crippen molar-refractivity contribution < 1.29 is 14.3 Å². The molecule has 1 unspecified atom stereocenters. The van der Waals surface area contributed by atoms with Crippen molar-refractivity contribution in [1.29, 1.82) is 5.26 Å². The second kappa shape index (κ2) is 7.93. The van der Waals surface area contributed by atoms with E-state index in [4.69, 9.17) is 14.7 Å². The quantitative estimate of drug-likeness (QED) is 0.861. The summed E-state index contributed by atoms with van der Waals surface area (Å²) in [5.41, 5.74) is 3.35. The molecule has 2 aromatic rings. The molecule has 0 saturated carbocycles. The molecular formula is C21H24N4O3. The first-order valence-electron chi connectivity index (χ1n) is 9.76. The van der Waals surface area contributed by atoms with Crippen LogP contribution in [0.5, 0.6) is 11.5 Å². The van der Waals surface area contributed by atoms with Crippen LogP contribution in [0.2, 0.25) is 0 Å². The van der Waals surface area contributed by atoms with Crippen LogP contribution in [0, 0.1) is 17.2 Å². The van der Waals surface area contributed by atoms with Crippen molar-refractivity contribution in [1.82, 2.24) is 15.1 Å². The Morgan fingerprint density at radius 2 is 2.25 bits per heavy atom. The van der Waals surface area contributed by atoms with Crippen LogP contribution in [0.3, 0.4) is 0 Å².